The minimum atomic E-state index is 0.712. The van der Waals surface area contributed by atoms with Gasteiger partial charge in [0.2, 0.25) is 0 Å². The molecule has 1 aliphatic carbocycles. The number of hydrogen-bond acceptors (Lipinski definition) is 2. The number of piperidine rings is 1. The van der Waals surface area contributed by atoms with Crippen LogP contribution in [0.1, 0.15) is 19.3 Å². The van der Waals surface area contributed by atoms with Gasteiger partial charge in [-0.1, -0.05) is 0 Å². The molecule has 1 saturated heterocycles. The molecular weight excluding hydrogens is 142 g/mol. The highest BCUT2D eigenvalue weighted by Gasteiger charge is 2.43. The van der Waals surface area contributed by atoms with Gasteiger partial charge in [0.15, 0.2) is 0 Å². The Labute approximate surface area is 67.0 Å². The average molecular weight is 157 g/mol. The molecule has 1 nitrogen and oxygen atoms in total. The minimum Gasteiger partial charge on any atom is -0.313 e. The van der Waals surface area contributed by atoms with Crippen LogP contribution in [0.25, 0.3) is 0 Å². The van der Waals surface area contributed by atoms with Gasteiger partial charge in [0, 0.05) is 12.6 Å². The average Bonchev–Trinajstić information content (AvgIpc) is 2.46. The van der Waals surface area contributed by atoms with Gasteiger partial charge in [-0.2, -0.15) is 11.8 Å². The van der Waals surface area contributed by atoms with Crippen LogP contribution in [0, 0.1) is 5.41 Å². The lowest BCUT2D eigenvalue weighted by molar-refractivity contribution is 0.361. The second kappa shape index (κ2) is 2.42. The van der Waals surface area contributed by atoms with E-state index < -0.39 is 0 Å². The molecule has 0 spiro atoms. The van der Waals surface area contributed by atoms with Crippen molar-refractivity contribution in [1.82, 2.24) is 5.32 Å². The lowest BCUT2D eigenvalue weighted by Gasteiger charge is -2.24. The summed E-state index contributed by atoms with van der Waals surface area (Å²) in [6, 6.07) is 0.882. The van der Waals surface area contributed by atoms with Crippen molar-refractivity contribution in [3.63, 3.8) is 0 Å². The fourth-order valence-electron chi connectivity index (χ4n) is 2.39. The van der Waals surface area contributed by atoms with Crippen molar-refractivity contribution in [2.24, 2.45) is 5.41 Å². The molecule has 0 amide bonds. The predicted molar refractivity (Wildman–Crippen MR) is 46.5 cm³/mol. The number of hydrogen-bond donors (Lipinski definition) is 1. The van der Waals surface area contributed by atoms with Crippen molar-refractivity contribution in [3.8, 4) is 0 Å². The molecule has 0 aromatic carbocycles. The van der Waals surface area contributed by atoms with E-state index in [0.29, 0.717) is 5.41 Å². The lowest BCUT2D eigenvalue weighted by Crippen LogP contribution is -2.31. The maximum absolute atomic E-state index is 3.57. The molecule has 0 aromatic rings. The molecule has 2 rings (SSSR count). The number of fused-ring (bicyclic) bond motifs is 2. The smallest absolute Gasteiger partial charge is 0.00735 e. The van der Waals surface area contributed by atoms with Crippen molar-refractivity contribution in [2.75, 3.05) is 18.6 Å². The highest BCUT2D eigenvalue weighted by atomic mass is 32.2. The molecule has 2 bridgehead atoms. The first kappa shape index (κ1) is 6.99. The van der Waals surface area contributed by atoms with Gasteiger partial charge >= 0.3 is 0 Å². The second-order valence-electron chi connectivity index (χ2n) is 3.75. The highest BCUT2D eigenvalue weighted by Crippen LogP contribution is 2.44. The van der Waals surface area contributed by atoms with Crippen LogP contribution in [-0.4, -0.2) is 24.6 Å². The Morgan fingerprint density at radius 2 is 2.60 bits per heavy atom. The predicted octanol–water partition coefficient (Wildman–Crippen LogP) is 1.49. The summed E-state index contributed by atoms with van der Waals surface area (Å²) in [6.45, 7) is 1.29. The van der Waals surface area contributed by atoms with E-state index in [0.717, 1.165) is 6.04 Å². The third-order valence-electron chi connectivity index (χ3n) is 2.92. The first-order chi connectivity index (χ1) is 4.85. The summed E-state index contributed by atoms with van der Waals surface area (Å²) < 4.78 is 0. The van der Waals surface area contributed by atoms with Crippen molar-refractivity contribution in [3.05, 3.63) is 0 Å². The van der Waals surface area contributed by atoms with E-state index in [1.165, 1.54) is 31.6 Å². The molecule has 1 saturated carbocycles. The molecule has 0 radical (unpaired) electrons. The summed E-state index contributed by atoms with van der Waals surface area (Å²) in [5, 5.41) is 3.57. The highest BCUT2D eigenvalue weighted by molar-refractivity contribution is 7.98. The van der Waals surface area contributed by atoms with Crippen LogP contribution in [0.3, 0.4) is 0 Å². The van der Waals surface area contributed by atoms with Crippen LogP contribution in [0.2, 0.25) is 0 Å². The van der Waals surface area contributed by atoms with E-state index in [1.54, 1.807) is 0 Å². The molecule has 2 fully saturated rings. The SMILES string of the molecule is CSCC12CCC(C1)NC2. The first-order valence-corrected chi connectivity index (χ1v) is 5.46. The van der Waals surface area contributed by atoms with Crippen molar-refractivity contribution in [2.45, 2.75) is 25.3 Å². The quantitative estimate of drug-likeness (QED) is 0.652. The van der Waals surface area contributed by atoms with E-state index in [-0.39, 0.29) is 0 Å². The first-order valence-electron chi connectivity index (χ1n) is 4.07. The van der Waals surface area contributed by atoms with Crippen molar-refractivity contribution >= 4 is 11.8 Å². The topological polar surface area (TPSA) is 12.0 Å². The maximum Gasteiger partial charge on any atom is 0.00735 e. The fourth-order valence-corrected chi connectivity index (χ4v) is 3.37. The minimum absolute atomic E-state index is 0.712. The van der Waals surface area contributed by atoms with E-state index in [9.17, 15) is 0 Å². The van der Waals surface area contributed by atoms with Crippen LogP contribution in [0.5, 0.6) is 0 Å². The lowest BCUT2D eigenvalue weighted by atomic mass is 9.90. The molecule has 1 aliphatic heterocycles. The Morgan fingerprint density at radius 3 is 3.00 bits per heavy atom. The number of thioether (sulfide) groups is 1. The third kappa shape index (κ3) is 0.978. The summed E-state index contributed by atoms with van der Waals surface area (Å²) in [5.74, 6) is 1.37. The van der Waals surface area contributed by atoms with Crippen LogP contribution in [0.4, 0.5) is 0 Å². The largest absolute Gasteiger partial charge is 0.313 e. The van der Waals surface area contributed by atoms with Gasteiger partial charge in [-0.05, 0) is 36.7 Å². The molecule has 2 heteroatoms. The van der Waals surface area contributed by atoms with Crippen molar-refractivity contribution < 1.29 is 0 Å². The van der Waals surface area contributed by atoms with E-state index in [1.807, 2.05) is 11.8 Å². The van der Waals surface area contributed by atoms with Gasteiger partial charge in [-0.15, -0.1) is 0 Å². The third-order valence-corrected chi connectivity index (χ3v) is 3.82. The zero-order chi connectivity index (χ0) is 7.03. The molecule has 2 unspecified atom stereocenters. The maximum atomic E-state index is 3.57. The molecule has 10 heavy (non-hydrogen) atoms. The van der Waals surface area contributed by atoms with Gasteiger partial charge < -0.3 is 5.32 Å². The molecule has 2 aliphatic rings. The number of rotatable bonds is 2. The molecule has 0 aromatic heterocycles. The van der Waals surface area contributed by atoms with Crippen molar-refractivity contribution in [1.29, 1.82) is 0 Å². The van der Waals surface area contributed by atoms with Crippen LogP contribution in [0.15, 0.2) is 0 Å². The fraction of sp³-hybridized carbons (Fsp3) is 1.00. The normalized spacial score (nSPS) is 44.7. The van der Waals surface area contributed by atoms with Crippen LogP contribution < -0.4 is 5.32 Å². The van der Waals surface area contributed by atoms with Crippen LogP contribution in [-0.2, 0) is 0 Å². The Balaban J connectivity index is 2.01. The van der Waals surface area contributed by atoms with E-state index >= 15 is 0 Å². The standard InChI is InChI=1S/C8H15NS/c1-10-6-8-3-2-7(4-8)9-5-8/h7,9H,2-6H2,1H3. The molecule has 2 atom stereocenters. The Morgan fingerprint density at radius 1 is 1.70 bits per heavy atom. The monoisotopic (exact) mass is 157 g/mol. The molecule has 1 N–H and O–H groups in total. The summed E-state index contributed by atoms with van der Waals surface area (Å²) in [7, 11) is 0. The summed E-state index contributed by atoms with van der Waals surface area (Å²) in [5.41, 5.74) is 0.712. The summed E-state index contributed by atoms with van der Waals surface area (Å²) >= 11 is 2.01. The van der Waals surface area contributed by atoms with Gasteiger partial charge in [0.1, 0.15) is 0 Å². The summed E-state index contributed by atoms with van der Waals surface area (Å²) in [4.78, 5) is 0. The Bertz CT molecular complexity index is 127. The van der Waals surface area contributed by atoms with Gasteiger partial charge in [-0.25, -0.2) is 0 Å². The van der Waals surface area contributed by atoms with Gasteiger partial charge in [-0.3, -0.25) is 0 Å². The molecular formula is C8H15NS. The second-order valence-corrected chi connectivity index (χ2v) is 4.62. The van der Waals surface area contributed by atoms with E-state index in [4.69, 9.17) is 0 Å². The van der Waals surface area contributed by atoms with Gasteiger partial charge in [0.05, 0.1) is 0 Å². The molecule has 58 valence electrons. The number of nitrogens with one attached hydrogen (secondary N) is 1. The van der Waals surface area contributed by atoms with Gasteiger partial charge in [0.25, 0.3) is 0 Å². The molecule has 1 heterocycles. The van der Waals surface area contributed by atoms with Crippen LogP contribution >= 0.6 is 11.8 Å². The van der Waals surface area contributed by atoms with E-state index in [2.05, 4.69) is 11.6 Å². The zero-order valence-corrected chi connectivity index (χ0v) is 7.34. The Hall–Kier alpha value is 0.310. The Kier molecular flexibility index (Phi) is 1.69. The summed E-state index contributed by atoms with van der Waals surface area (Å²) in [6.07, 6.45) is 6.58. The zero-order valence-electron chi connectivity index (χ0n) is 6.52.